The Morgan fingerprint density at radius 2 is 2.50 bits per heavy atom. The van der Waals surface area contributed by atoms with Crippen LogP contribution in [0, 0.1) is 0 Å². The molecule has 3 heteroatoms. The first kappa shape index (κ1) is 9.13. The van der Waals surface area contributed by atoms with Gasteiger partial charge in [0.05, 0.1) is 6.61 Å². The minimum atomic E-state index is 0.596. The van der Waals surface area contributed by atoms with Gasteiger partial charge in [-0.1, -0.05) is 6.07 Å². The van der Waals surface area contributed by atoms with Crippen LogP contribution in [0.4, 0.5) is 0 Å². The van der Waals surface area contributed by atoms with Crippen LogP contribution in [0.1, 0.15) is 12.5 Å². The molecular weight excluding hydrogens is 170 g/mol. The van der Waals surface area contributed by atoms with Crippen molar-refractivity contribution >= 4 is 17.3 Å². The zero-order chi connectivity index (χ0) is 8.81. The minimum absolute atomic E-state index is 0.596. The molecule has 0 aromatic carbocycles. The highest BCUT2D eigenvalue weighted by molar-refractivity contribution is 7.80. The predicted octanol–water partition coefficient (Wildman–Crippen LogP) is 1.99. The van der Waals surface area contributed by atoms with E-state index in [1.54, 1.807) is 13.1 Å². The van der Waals surface area contributed by atoms with Gasteiger partial charge < -0.3 is 4.74 Å². The van der Waals surface area contributed by atoms with Crippen molar-refractivity contribution in [3.05, 3.63) is 30.1 Å². The van der Waals surface area contributed by atoms with E-state index in [9.17, 15) is 0 Å². The summed E-state index contributed by atoms with van der Waals surface area (Å²) in [7, 11) is 0. The summed E-state index contributed by atoms with van der Waals surface area (Å²) >= 11 is 4.77. The molecule has 1 rings (SSSR count). The first-order chi connectivity index (χ1) is 5.79. The number of nitrogens with zero attached hydrogens (tertiary/aromatic N) is 1. The van der Waals surface area contributed by atoms with E-state index in [2.05, 4.69) is 4.98 Å². The molecule has 0 unspecified atom stereocenters. The Labute approximate surface area is 77.6 Å². The summed E-state index contributed by atoms with van der Waals surface area (Å²) in [6, 6.07) is 3.94. The van der Waals surface area contributed by atoms with Gasteiger partial charge in [0.15, 0.2) is 5.05 Å². The quantitative estimate of drug-likeness (QED) is 0.666. The number of hydrogen-bond acceptors (Lipinski definition) is 3. The van der Waals surface area contributed by atoms with E-state index in [0.717, 1.165) is 6.42 Å². The van der Waals surface area contributed by atoms with Gasteiger partial charge in [-0.2, -0.15) is 0 Å². The molecule has 0 amide bonds. The summed E-state index contributed by atoms with van der Waals surface area (Å²) in [4.78, 5) is 3.99. The smallest absolute Gasteiger partial charge is 0.156 e. The van der Waals surface area contributed by atoms with Crippen molar-refractivity contribution in [1.82, 2.24) is 4.98 Å². The normalized spacial score (nSPS) is 9.42. The topological polar surface area (TPSA) is 22.1 Å². The van der Waals surface area contributed by atoms with E-state index in [1.807, 2.05) is 18.3 Å². The van der Waals surface area contributed by atoms with Crippen LogP contribution in [0.25, 0.3) is 0 Å². The number of pyridine rings is 1. The molecule has 0 saturated heterocycles. The highest BCUT2D eigenvalue weighted by atomic mass is 32.1. The van der Waals surface area contributed by atoms with Crippen molar-refractivity contribution in [2.75, 3.05) is 6.61 Å². The summed E-state index contributed by atoms with van der Waals surface area (Å²) in [6.45, 7) is 2.42. The maximum Gasteiger partial charge on any atom is 0.156 e. The van der Waals surface area contributed by atoms with Gasteiger partial charge in [0.1, 0.15) is 0 Å². The van der Waals surface area contributed by atoms with E-state index in [0.29, 0.717) is 11.7 Å². The van der Waals surface area contributed by atoms with Gasteiger partial charge >= 0.3 is 0 Å². The van der Waals surface area contributed by atoms with Crippen LogP contribution in [0.2, 0.25) is 0 Å². The lowest BCUT2D eigenvalue weighted by Crippen LogP contribution is -2.01. The fraction of sp³-hybridized carbons (Fsp3) is 0.333. The highest BCUT2D eigenvalue weighted by Gasteiger charge is 1.92. The first-order valence-electron chi connectivity index (χ1n) is 3.81. The molecule has 12 heavy (non-hydrogen) atoms. The second-order valence-electron chi connectivity index (χ2n) is 2.45. The summed E-state index contributed by atoms with van der Waals surface area (Å²) in [5.74, 6) is 0. The van der Waals surface area contributed by atoms with E-state index < -0.39 is 0 Å². The third-order valence-electron chi connectivity index (χ3n) is 1.42. The van der Waals surface area contributed by atoms with Gasteiger partial charge in [-0.25, -0.2) is 0 Å². The second kappa shape index (κ2) is 4.83. The number of rotatable bonds is 3. The number of ether oxygens (including phenoxy) is 1. The van der Waals surface area contributed by atoms with Gasteiger partial charge in [-0.05, 0) is 23.8 Å². The third kappa shape index (κ3) is 3.44. The molecule has 0 bridgehead atoms. The molecule has 1 aromatic heterocycles. The SMILES string of the molecule is CC(=S)OCCc1cccnc1. The van der Waals surface area contributed by atoms with Crippen LogP contribution < -0.4 is 0 Å². The summed E-state index contributed by atoms with van der Waals surface area (Å²) in [6.07, 6.45) is 4.46. The lowest BCUT2D eigenvalue weighted by Gasteiger charge is -2.02. The molecule has 0 aliphatic heterocycles. The van der Waals surface area contributed by atoms with Gasteiger partial charge in [0.25, 0.3) is 0 Å². The second-order valence-corrected chi connectivity index (χ2v) is 3.03. The fourth-order valence-corrected chi connectivity index (χ4v) is 0.942. The summed E-state index contributed by atoms with van der Waals surface area (Å²) < 4.78 is 5.15. The Morgan fingerprint density at radius 1 is 1.67 bits per heavy atom. The molecular formula is C9H11NOS. The molecule has 0 atom stereocenters. The zero-order valence-electron chi connectivity index (χ0n) is 6.99. The molecule has 0 aliphatic rings. The van der Waals surface area contributed by atoms with Crippen LogP contribution in [-0.2, 0) is 11.2 Å². The maximum atomic E-state index is 5.15. The molecule has 64 valence electrons. The average molecular weight is 181 g/mol. The fourth-order valence-electron chi connectivity index (χ4n) is 0.859. The lowest BCUT2D eigenvalue weighted by atomic mass is 10.2. The van der Waals surface area contributed by atoms with Gasteiger partial charge in [-0.3, -0.25) is 4.98 Å². The zero-order valence-corrected chi connectivity index (χ0v) is 7.80. The van der Waals surface area contributed by atoms with E-state index in [1.165, 1.54) is 5.56 Å². The molecule has 2 nitrogen and oxygen atoms in total. The number of thiocarbonyl (C=S) groups is 1. The van der Waals surface area contributed by atoms with Gasteiger partial charge in [0.2, 0.25) is 0 Å². The molecule has 0 N–H and O–H groups in total. The van der Waals surface area contributed by atoms with Crippen molar-refractivity contribution in [3.8, 4) is 0 Å². The monoisotopic (exact) mass is 181 g/mol. The Hall–Kier alpha value is -0.960. The van der Waals surface area contributed by atoms with Crippen molar-refractivity contribution in [3.63, 3.8) is 0 Å². The van der Waals surface area contributed by atoms with Crippen molar-refractivity contribution < 1.29 is 4.74 Å². The van der Waals surface area contributed by atoms with E-state index in [4.69, 9.17) is 17.0 Å². The number of aromatic nitrogens is 1. The number of hydrogen-bond donors (Lipinski definition) is 0. The predicted molar refractivity (Wildman–Crippen MR) is 52.2 cm³/mol. The molecule has 0 saturated carbocycles. The Morgan fingerprint density at radius 3 is 3.08 bits per heavy atom. The standard InChI is InChI=1S/C9H11NOS/c1-8(12)11-6-4-9-3-2-5-10-7-9/h2-3,5,7H,4,6H2,1H3. The highest BCUT2D eigenvalue weighted by Crippen LogP contribution is 1.97. The molecule has 0 radical (unpaired) electrons. The van der Waals surface area contributed by atoms with Crippen LogP contribution in [-0.4, -0.2) is 16.6 Å². The molecule has 0 fully saturated rings. The summed E-state index contributed by atoms with van der Waals surface area (Å²) in [5.41, 5.74) is 1.17. The van der Waals surface area contributed by atoms with Crippen LogP contribution in [0.3, 0.4) is 0 Å². The minimum Gasteiger partial charge on any atom is -0.487 e. The largest absolute Gasteiger partial charge is 0.487 e. The average Bonchev–Trinajstić information content (AvgIpc) is 2.05. The first-order valence-corrected chi connectivity index (χ1v) is 4.22. The molecule has 1 aromatic rings. The van der Waals surface area contributed by atoms with Crippen molar-refractivity contribution in [2.45, 2.75) is 13.3 Å². The van der Waals surface area contributed by atoms with Crippen LogP contribution >= 0.6 is 12.2 Å². The third-order valence-corrected chi connectivity index (χ3v) is 1.54. The van der Waals surface area contributed by atoms with Crippen molar-refractivity contribution in [2.24, 2.45) is 0 Å². The van der Waals surface area contributed by atoms with Crippen LogP contribution in [0.5, 0.6) is 0 Å². The molecule has 0 aliphatic carbocycles. The molecule has 0 spiro atoms. The summed E-state index contributed by atoms with van der Waals surface area (Å²) in [5, 5.41) is 0.596. The Bertz CT molecular complexity index is 248. The van der Waals surface area contributed by atoms with Gasteiger partial charge in [-0.15, -0.1) is 0 Å². The van der Waals surface area contributed by atoms with E-state index >= 15 is 0 Å². The van der Waals surface area contributed by atoms with Crippen LogP contribution in [0.15, 0.2) is 24.5 Å². The lowest BCUT2D eigenvalue weighted by molar-refractivity contribution is 0.315. The van der Waals surface area contributed by atoms with E-state index in [-0.39, 0.29) is 0 Å². The Balaban J connectivity index is 2.29. The Kier molecular flexibility index (Phi) is 3.67. The van der Waals surface area contributed by atoms with Crippen molar-refractivity contribution in [1.29, 1.82) is 0 Å². The maximum absolute atomic E-state index is 5.15. The molecule has 1 heterocycles. The van der Waals surface area contributed by atoms with Gasteiger partial charge in [0, 0.05) is 25.7 Å².